The summed E-state index contributed by atoms with van der Waals surface area (Å²) in [5.74, 6) is -0.0138. The summed E-state index contributed by atoms with van der Waals surface area (Å²) in [5, 5.41) is 7.70. The van der Waals surface area contributed by atoms with Crippen LogP contribution in [0.5, 0.6) is 5.75 Å². The van der Waals surface area contributed by atoms with Crippen LogP contribution in [0.15, 0.2) is 42.7 Å². The number of pyridine rings is 1. The van der Waals surface area contributed by atoms with Crippen LogP contribution in [-0.2, 0) is 34.1 Å². The Kier molecular flexibility index (Phi) is 7.84. The van der Waals surface area contributed by atoms with Crippen molar-refractivity contribution in [2.24, 2.45) is 0 Å². The molecule has 1 aliphatic heterocycles. The first-order chi connectivity index (χ1) is 15.8. The summed E-state index contributed by atoms with van der Waals surface area (Å²) >= 11 is 0. The maximum atomic E-state index is 13.0. The first-order valence-corrected chi connectivity index (χ1v) is 13.2. The minimum Gasteiger partial charge on any atom is -0.457 e. The van der Waals surface area contributed by atoms with Crippen LogP contribution in [0.3, 0.4) is 0 Å². The zero-order valence-corrected chi connectivity index (χ0v) is 20.3. The van der Waals surface area contributed by atoms with Crippen molar-refractivity contribution in [1.29, 1.82) is 0 Å². The molecule has 1 fully saturated rings. The van der Waals surface area contributed by atoms with E-state index in [1.807, 2.05) is 0 Å². The van der Waals surface area contributed by atoms with E-state index in [9.17, 15) is 28.8 Å². The highest BCUT2D eigenvalue weighted by molar-refractivity contribution is 7.73. The van der Waals surface area contributed by atoms with E-state index in [-0.39, 0.29) is 16.9 Å². The number of rotatable bonds is 7. The van der Waals surface area contributed by atoms with Gasteiger partial charge >= 0.3 is 21.3 Å². The zero-order chi connectivity index (χ0) is 25.1. The van der Waals surface area contributed by atoms with Crippen molar-refractivity contribution >= 4 is 21.3 Å². The van der Waals surface area contributed by atoms with Gasteiger partial charge in [0.25, 0.3) is 5.08 Å². The van der Waals surface area contributed by atoms with Crippen molar-refractivity contribution < 1.29 is 52.1 Å². The number of benzene rings is 1. The SMILES string of the molecule is Cc1ccc(C2OP(=O)(O)C(O)(Cc3cccnc3)P(=O)(O)O2)c(OCOC(=O)OC(C)C)c1. The second kappa shape index (κ2) is 10.1. The Labute approximate surface area is 195 Å². The third-order valence-electron chi connectivity index (χ3n) is 4.69. The van der Waals surface area contributed by atoms with E-state index in [2.05, 4.69) is 4.98 Å². The van der Waals surface area contributed by atoms with Gasteiger partial charge in [-0.05, 0) is 50.1 Å². The molecular formula is C20H25NO11P2. The van der Waals surface area contributed by atoms with Crippen LogP contribution < -0.4 is 4.74 Å². The molecule has 0 saturated carbocycles. The van der Waals surface area contributed by atoms with Crippen LogP contribution in [0.4, 0.5) is 4.79 Å². The van der Waals surface area contributed by atoms with Gasteiger partial charge < -0.3 is 29.1 Å². The van der Waals surface area contributed by atoms with Gasteiger partial charge in [-0.3, -0.25) is 23.2 Å². The van der Waals surface area contributed by atoms with Crippen molar-refractivity contribution in [2.45, 2.75) is 44.7 Å². The zero-order valence-electron chi connectivity index (χ0n) is 18.6. The lowest BCUT2D eigenvalue weighted by Gasteiger charge is -2.41. The summed E-state index contributed by atoms with van der Waals surface area (Å²) in [5.41, 5.74) is 0.856. The molecule has 3 N–H and O–H groups in total. The van der Waals surface area contributed by atoms with Gasteiger partial charge in [0.2, 0.25) is 13.1 Å². The van der Waals surface area contributed by atoms with Crippen LogP contribution in [-0.4, -0.2) is 44.0 Å². The van der Waals surface area contributed by atoms with E-state index >= 15 is 0 Å². The summed E-state index contributed by atoms with van der Waals surface area (Å²) in [4.78, 5) is 36.4. The Morgan fingerprint density at radius 1 is 1.21 bits per heavy atom. The van der Waals surface area contributed by atoms with Crippen molar-refractivity contribution in [3.8, 4) is 5.75 Å². The molecule has 14 heteroatoms. The van der Waals surface area contributed by atoms with E-state index in [4.69, 9.17) is 23.3 Å². The predicted octanol–water partition coefficient (Wildman–Crippen LogP) is 3.59. The van der Waals surface area contributed by atoms with Gasteiger partial charge in [-0.25, -0.2) is 4.79 Å². The smallest absolute Gasteiger partial charge is 0.457 e. The van der Waals surface area contributed by atoms with Crippen molar-refractivity contribution in [3.63, 3.8) is 0 Å². The highest BCUT2D eigenvalue weighted by Crippen LogP contribution is 2.79. The summed E-state index contributed by atoms with van der Waals surface area (Å²) in [6.45, 7) is 4.39. The lowest BCUT2D eigenvalue weighted by Crippen LogP contribution is -2.38. The second-order valence-electron chi connectivity index (χ2n) is 7.76. The standard InChI is InChI=1S/C20H25NO11P2/c1-13(2)30-19(22)29-12-28-17-9-14(3)6-7-16(17)18-31-33(24,25)20(23,34(26,27)32-18)10-15-5-4-8-21-11-15/h4-9,11,13,18,23H,10,12H2,1-3H3,(H,24,25)(H,26,27). The number of carbonyl (C=O) groups is 1. The van der Waals surface area contributed by atoms with Crippen LogP contribution >= 0.6 is 15.2 Å². The number of aromatic nitrogens is 1. The average Bonchev–Trinajstić information content (AvgIpc) is 2.72. The quantitative estimate of drug-likeness (QED) is 0.277. The molecule has 34 heavy (non-hydrogen) atoms. The average molecular weight is 517 g/mol. The lowest BCUT2D eigenvalue weighted by molar-refractivity contribution is -0.0604. The molecule has 1 aliphatic rings. The molecule has 0 amide bonds. The fraction of sp³-hybridized carbons (Fsp3) is 0.400. The highest BCUT2D eigenvalue weighted by Gasteiger charge is 2.67. The number of hydrogen-bond donors (Lipinski definition) is 3. The molecule has 0 aliphatic carbocycles. The van der Waals surface area contributed by atoms with Gasteiger partial charge in [0.05, 0.1) is 11.7 Å². The van der Waals surface area contributed by atoms with E-state index in [0.717, 1.165) is 0 Å². The molecule has 0 bridgehead atoms. The van der Waals surface area contributed by atoms with E-state index in [0.29, 0.717) is 5.56 Å². The minimum absolute atomic E-state index is 0.0138. The number of aryl methyl sites for hydroxylation is 1. The van der Waals surface area contributed by atoms with Gasteiger partial charge in [-0.2, -0.15) is 0 Å². The van der Waals surface area contributed by atoms with Crippen LogP contribution in [0.1, 0.15) is 36.8 Å². The van der Waals surface area contributed by atoms with Gasteiger partial charge in [0, 0.05) is 18.8 Å². The molecule has 0 spiro atoms. The number of nitrogens with zero attached hydrogens (tertiary/aromatic N) is 1. The molecule has 12 nitrogen and oxygen atoms in total. The topological polar surface area (TPSA) is 171 Å². The number of aliphatic hydroxyl groups is 1. The molecular weight excluding hydrogens is 492 g/mol. The van der Waals surface area contributed by atoms with Gasteiger partial charge in [-0.15, -0.1) is 0 Å². The first kappa shape index (κ1) is 26.3. The fourth-order valence-corrected chi connectivity index (χ4v) is 6.59. The summed E-state index contributed by atoms with van der Waals surface area (Å²) in [6.07, 6.45) is -1.26. The van der Waals surface area contributed by atoms with Crippen molar-refractivity contribution in [2.75, 3.05) is 6.79 Å². The Morgan fingerprint density at radius 3 is 2.47 bits per heavy atom. The van der Waals surface area contributed by atoms with E-state index < -0.39 is 52.0 Å². The van der Waals surface area contributed by atoms with Crippen LogP contribution in [0.2, 0.25) is 0 Å². The third kappa shape index (κ3) is 5.67. The van der Waals surface area contributed by atoms with Crippen LogP contribution in [0.25, 0.3) is 0 Å². The fourth-order valence-electron chi connectivity index (χ4n) is 3.03. The van der Waals surface area contributed by atoms with Gasteiger partial charge in [-0.1, -0.05) is 12.1 Å². The summed E-state index contributed by atoms with van der Waals surface area (Å²) < 4.78 is 51.3. The molecule has 3 rings (SSSR count). The largest absolute Gasteiger partial charge is 0.511 e. The number of hydrogen-bond acceptors (Lipinski definition) is 10. The second-order valence-corrected chi connectivity index (χ2v) is 12.1. The molecule has 1 aromatic carbocycles. The van der Waals surface area contributed by atoms with Crippen molar-refractivity contribution in [1.82, 2.24) is 4.98 Å². The predicted molar refractivity (Wildman–Crippen MR) is 117 cm³/mol. The number of ether oxygens (including phenoxy) is 3. The third-order valence-corrected chi connectivity index (χ3v) is 9.29. The minimum atomic E-state index is -5.18. The Hall–Kier alpha value is -2.30. The normalized spacial score (nSPS) is 29.0. The highest BCUT2D eigenvalue weighted by atomic mass is 31.2. The van der Waals surface area contributed by atoms with Crippen molar-refractivity contribution in [3.05, 3.63) is 59.4 Å². The van der Waals surface area contributed by atoms with E-state index in [1.165, 1.54) is 36.7 Å². The van der Waals surface area contributed by atoms with Gasteiger partial charge in [0.15, 0.2) is 0 Å². The maximum absolute atomic E-state index is 13.0. The monoisotopic (exact) mass is 517 g/mol. The van der Waals surface area contributed by atoms with Gasteiger partial charge in [0.1, 0.15) is 5.75 Å². The van der Waals surface area contributed by atoms with E-state index in [1.54, 1.807) is 26.8 Å². The Balaban J connectivity index is 1.84. The molecule has 2 unspecified atom stereocenters. The molecule has 2 aromatic rings. The first-order valence-electron chi connectivity index (χ1n) is 10.1. The number of carbonyl (C=O) groups excluding carboxylic acids is 1. The Morgan fingerprint density at radius 2 is 1.88 bits per heavy atom. The molecule has 186 valence electrons. The Bertz CT molecular complexity index is 1100. The molecule has 1 aromatic heterocycles. The summed E-state index contributed by atoms with van der Waals surface area (Å²) in [7, 11) is -10.4. The molecule has 1 saturated heterocycles. The molecule has 2 atom stereocenters. The lowest BCUT2D eigenvalue weighted by atomic mass is 10.1. The summed E-state index contributed by atoms with van der Waals surface area (Å²) in [6, 6.07) is 7.37. The molecule has 0 radical (unpaired) electrons. The molecule has 2 heterocycles. The van der Waals surface area contributed by atoms with Crippen LogP contribution in [0, 0.1) is 6.92 Å². The maximum Gasteiger partial charge on any atom is 0.511 e.